The van der Waals surface area contributed by atoms with Gasteiger partial charge in [-0.05, 0) is 54.8 Å². The van der Waals surface area contributed by atoms with E-state index in [0.29, 0.717) is 5.92 Å². The van der Waals surface area contributed by atoms with E-state index >= 15 is 0 Å². The molecule has 1 saturated heterocycles. The topological polar surface area (TPSA) is 44.8 Å². The van der Waals surface area contributed by atoms with E-state index < -0.39 is 0 Å². The maximum absolute atomic E-state index is 12.3. The Morgan fingerprint density at radius 2 is 1.72 bits per heavy atom. The molecule has 1 heterocycles. The first-order valence-electron chi connectivity index (χ1n) is 10.7. The van der Waals surface area contributed by atoms with Crippen LogP contribution in [0.2, 0.25) is 0 Å². The number of rotatable bonds is 8. The number of benzene rings is 2. The van der Waals surface area contributed by atoms with Gasteiger partial charge in [0.05, 0.1) is 0 Å². The molecular weight excluding hydrogens is 362 g/mol. The van der Waals surface area contributed by atoms with Crippen molar-refractivity contribution in [2.24, 2.45) is 0 Å². The molecule has 0 aliphatic carbocycles. The first-order valence-corrected chi connectivity index (χ1v) is 10.7. The van der Waals surface area contributed by atoms with Gasteiger partial charge in [0, 0.05) is 37.6 Å². The van der Waals surface area contributed by atoms with E-state index in [1.807, 2.05) is 30.3 Å². The molecule has 5 heteroatoms. The van der Waals surface area contributed by atoms with Crippen molar-refractivity contribution in [3.63, 3.8) is 0 Å². The molecule has 0 saturated carbocycles. The van der Waals surface area contributed by atoms with Crippen LogP contribution in [0.25, 0.3) is 0 Å². The Labute approximate surface area is 174 Å². The predicted molar refractivity (Wildman–Crippen MR) is 120 cm³/mol. The molecule has 1 aliphatic heterocycles. The van der Waals surface area contributed by atoms with Crippen LogP contribution in [0.1, 0.15) is 38.7 Å². The zero-order valence-corrected chi connectivity index (χ0v) is 17.9. The molecule has 0 bridgehead atoms. The van der Waals surface area contributed by atoms with E-state index in [-0.39, 0.29) is 12.5 Å². The molecular formula is C24H33N3O2. The fourth-order valence-corrected chi connectivity index (χ4v) is 3.66. The lowest BCUT2D eigenvalue weighted by atomic mass is 9.98. The SMILES string of the molecule is CCC(C)c1ccccc1OCC(=O)Nc1ccc(N2CCN(CC)CC2)cc1. The highest BCUT2D eigenvalue weighted by Crippen LogP contribution is 2.28. The number of para-hydroxylation sites is 1. The number of anilines is 2. The average Bonchev–Trinajstić information content (AvgIpc) is 2.78. The van der Waals surface area contributed by atoms with Crippen molar-refractivity contribution in [3.8, 4) is 5.75 Å². The molecule has 5 nitrogen and oxygen atoms in total. The molecule has 29 heavy (non-hydrogen) atoms. The summed E-state index contributed by atoms with van der Waals surface area (Å²) in [6.45, 7) is 11.9. The molecule has 0 aromatic heterocycles. The summed E-state index contributed by atoms with van der Waals surface area (Å²) in [6.07, 6.45) is 1.03. The number of nitrogens with zero attached hydrogens (tertiary/aromatic N) is 2. The summed E-state index contributed by atoms with van der Waals surface area (Å²) in [5.41, 5.74) is 3.15. The van der Waals surface area contributed by atoms with Crippen LogP contribution in [0.5, 0.6) is 5.75 Å². The minimum Gasteiger partial charge on any atom is -0.483 e. The van der Waals surface area contributed by atoms with Gasteiger partial charge in [-0.25, -0.2) is 0 Å². The molecule has 2 aromatic carbocycles. The van der Waals surface area contributed by atoms with E-state index in [1.54, 1.807) is 0 Å². The lowest BCUT2D eigenvalue weighted by Gasteiger charge is -2.35. The van der Waals surface area contributed by atoms with Crippen molar-refractivity contribution in [1.29, 1.82) is 0 Å². The van der Waals surface area contributed by atoms with Gasteiger partial charge in [0.2, 0.25) is 0 Å². The summed E-state index contributed by atoms with van der Waals surface area (Å²) in [5.74, 6) is 1.05. The molecule has 0 spiro atoms. The van der Waals surface area contributed by atoms with Crippen molar-refractivity contribution in [1.82, 2.24) is 4.90 Å². The second kappa shape index (κ2) is 10.3. The standard InChI is InChI=1S/C24H33N3O2/c1-4-19(3)22-8-6-7-9-23(22)29-18-24(28)25-20-10-12-21(13-11-20)27-16-14-26(5-2)15-17-27/h6-13,19H,4-5,14-18H2,1-3H3,(H,25,28). The third-order valence-corrected chi connectivity index (χ3v) is 5.76. The van der Waals surface area contributed by atoms with Crippen molar-refractivity contribution in [2.75, 3.05) is 49.5 Å². The van der Waals surface area contributed by atoms with Crippen LogP contribution in [-0.2, 0) is 4.79 Å². The van der Waals surface area contributed by atoms with Crippen LogP contribution >= 0.6 is 0 Å². The summed E-state index contributed by atoms with van der Waals surface area (Å²) in [4.78, 5) is 17.2. The summed E-state index contributed by atoms with van der Waals surface area (Å²) in [7, 11) is 0. The zero-order chi connectivity index (χ0) is 20.6. The number of likely N-dealkylation sites (N-methyl/N-ethyl adjacent to an activating group) is 1. The van der Waals surface area contributed by atoms with Crippen LogP contribution in [-0.4, -0.2) is 50.1 Å². The van der Waals surface area contributed by atoms with Gasteiger partial charge in [0.25, 0.3) is 5.91 Å². The Bertz CT molecular complexity index is 783. The quantitative estimate of drug-likeness (QED) is 0.721. The van der Waals surface area contributed by atoms with Crippen molar-refractivity contribution < 1.29 is 9.53 Å². The highest BCUT2D eigenvalue weighted by molar-refractivity contribution is 5.92. The monoisotopic (exact) mass is 395 g/mol. The fourth-order valence-electron chi connectivity index (χ4n) is 3.66. The molecule has 1 amide bonds. The lowest BCUT2D eigenvalue weighted by Crippen LogP contribution is -2.46. The number of piperazine rings is 1. The Hall–Kier alpha value is -2.53. The molecule has 1 unspecified atom stereocenters. The molecule has 1 fully saturated rings. The van der Waals surface area contributed by atoms with E-state index in [1.165, 1.54) is 5.69 Å². The Balaban J connectivity index is 1.51. The summed E-state index contributed by atoms with van der Waals surface area (Å²) >= 11 is 0. The van der Waals surface area contributed by atoms with Gasteiger partial charge in [0.1, 0.15) is 5.75 Å². The van der Waals surface area contributed by atoms with Crippen LogP contribution in [0.4, 0.5) is 11.4 Å². The van der Waals surface area contributed by atoms with Gasteiger partial charge in [-0.15, -0.1) is 0 Å². The number of carbonyl (C=O) groups is 1. The third kappa shape index (κ3) is 5.73. The first kappa shape index (κ1) is 21.2. The predicted octanol–water partition coefficient (Wildman–Crippen LogP) is 4.36. The van der Waals surface area contributed by atoms with E-state index in [4.69, 9.17) is 4.74 Å². The average molecular weight is 396 g/mol. The minimum atomic E-state index is -0.145. The van der Waals surface area contributed by atoms with Gasteiger partial charge >= 0.3 is 0 Å². The fraction of sp³-hybridized carbons (Fsp3) is 0.458. The van der Waals surface area contributed by atoms with Crippen LogP contribution in [0.15, 0.2) is 48.5 Å². The molecule has 3 rings (SSSR count). The number of amides is 1. The van der Waals surface area contributed by atoms with Crippen LogP contribution < -0.4 is 15.0 Å². The minimum absolute atomic E-state index is 0.00811. The molecule has 1 aliphatic rings. The number of carbonyl (C=O) groups excluding carboxylic acids is 1. The van der Waals surface area contributed by atoms with Crippen molar-refractivity contribution in [2.45, 2.75) is 33.1 Å². The molecule has 0 radical (unpaired) electrons. The maximum Gasteiger partial charge on any atom is 0.262 e. The van der Waals surface area contributed by atoms with E-state index in [0.717, 1.165) is 56.1 Å². The number of ether oxygens (including phenoxy) is 1. The normalized spacial score (nSPS) is 15.8. The second-order valence-corrected chi connectivity index (χ2v) is 7.65. The van der Waals surface area contributed by atoms with Gasteiger partial charge in [-0.3, -0.25) is 4.79 Å². The van der Waals surface area contributed by atoms with Gasteiger partial charge in [-0.2, -0.15) is 0 Å². The van der Waals surface area contributed by atoms with Crippen LogP contribution in [0.3, 0.4) is 0 Å². The summed E-state index contributed by atoms with van der Waals surface area (Å²) < 4.78 is 5.81. The first-order chi connectivity index (χ1) is 14.1. The van der Waals surface area contributed by atoms with E-state index in [2.05, 4.69) is 54.1 Å². The van der Waals surface area contributed by atoms with Gasteiger partial charge in [0.15, 0.2) is 6.61 Å². The third-order valence-electron chi connectivity index (χ3n) is 5.76. The summed E-state index contributed by atoms with van der Waals surface area (Å²) in [6, 6.07) is 16.0. The van der Waals surface area contributed by atoms with Crippen molar-refractivity contribution in [3.05, 3.63) is 54.1 Å². The number of hydrogen-bond acceptors (Lipinski definition) is 4. The Morgan fingerprint density at radius 1 is 1.03 bits per heavy atom. The number of hydrogen-bond donors (Lipinski definition) is 1. The van der Waals surface area contributed by atoms with E-state index in [9.17, 15) is 4.79 Å². The second-order valence-electron chi connectivity index (χ2n) is 7.65. The highest BCUT2D eigenvalue weighted by atomic mass is 16.5. The molecule has 1 atom stereocenters. The van der Waals surface area contributed by atoms with Crippen molar-refractivity contribution >= 4 is 17.3 Å². The lowest BCUT2D eigenvalue weighted by molar-refractivity contribution is -0.118. The number of nitrogens with one attached hydrogen (secondary N) is 1. The van der Waals surface area contributed by atoms with Gasteiger partial charge < -0.3 is 19.9 Å². The highest BCUT2D eigenvalue weighted by Gasteiger charge is 2.16. The molecule has 2 aromatic rings. The molecule has 1 N–H and O–H groups in total. The maximum atomic E-state index is 12.3. The largest absolute Gasteiger partial charge is 0.483 e. The van der Waals surface area contributed by atoms with Crippen LogP contribution in [0, 0.1) is 0 Å². The zero-order valence-electron chi connectivity index (χ0n) is 17.9. The Kier molecular flexibility index (Phi) is 7.53. The smallest absolute Gasteiger partial charge is 0.262 e. The van der Waals surface area contributed by atoms with Gasteiger partial charge in [-0.1, -0.05) is 39.0 Å². The summed E-state index contributed by atoms with van der Waals surface area (Å²) in [5, 5.41) is 2.93. The Morgan fingerprint density at radius 3 is 2.38 bits per heavy atom. The molecule has 156 valence electrons.